The van der Waals surface area contributed by atoms with Crippen LogP contribution in [0.1, 0.15) is 35.1 Å². The van der Waals surface area contributed by atoms with E-state index >= 15 is 0 Å². The van der Waals surface area contributed by atoms with Crippen LogP contribution in [0.2, 0.25) is 0 Å². The Morgan fingerprint density at radius 3 is 2.57 bits per heavy atom. The Morgan fingerprint density at radius 1 is 1.25 bits per heavy atom. The summed E-state index contributed by atoms with van der Waals surface area (Å²) in [5, 5.41) is 3.30. The summed E-state index contributed by atoms with van der Waals surface area (Å²) < 4.78 is 29.1. The molecular weight excluding hydrogens is 402 g/mol. The van der Waals surface area contributed by atoms with Gasteiger partial charge in [-0.1, -0.05) is 0 Å². The van der Waals surface area contributed by atoms with Crippen molar-refractivity contribution >= 4 is 28.3 Å². The van der Waals surface area contributed by atoms with Crippen LogP contribution in [0, 0.1) is 0 Å². The van der Waals surface area contributed by atoms with Gasteiger partial charge < -0.3 is 14.8 Å². The molecule has 1 aliphatic heterocycles. The lowest BCUT2D eigenvalue weighted by Crippen LogP contribution is -2.49. The lowest BCUT2D eigenvalue weighted by atomic mass is 10.1. The zero-order valence-electron chi connectivity index (χ0n) is 15.5. The second kappa shape index (κ2) is 8.20. The molecule has 1 aliphatic carbocycles. The summed E-state index contributed by atoms with van der Waals surface area (Å²) in [6.07, 6.45) is 5.35. The predicted molar refractivity (Wildman–Crippen MR) is 107 cm³/mol. The number of benzene rings is 1. The van der Waals surface area contributed by atoms with E-state index in [0.29, 0.717) is 25.2 Å². The largest absolute Gasteiger partial charge is 0.336 e. The molecule has 0 spiro atoms. The van der Waals surface area contributed by atoms with Crippen LogP contribution >= 0.6 is 12.4 Å². The second-order valence-electron chi connectivity index (χ2n) is 7.03. The lowest BCUT2D eigenvalue weighted by molar-refractivity contribution is 0.0620. The fourth-order valence-electron chi connectivity index (χ4n) is 3.31. The van der Waals surface area contributed by atoms with Crippen LogP contribution < -0.4 is 10.0 Å². The van der Waals surface area contributed by atoms with Crippen molar-refractivity contribution in [3.05, 3.63) is 48.0 Å². The number of carbonyl (C=O) groups excluding carboxylic acids is 1. The van der Waals surface area contributed by atoms with Gasteiger partial charge in [0.05, 0.1) is 4.90 Å². The summed E-state index contributed by atoms with van der Waals surface area (Å²) in [4.78, 5) is 19.4. The number of imidazole rings is 1. The molecule has 1 saturated heterocycles. The number of carbonyl (C=O) groups is 1. The van der Waals surface area contributed by atoms with E-state index in [1.807, 2.05) is 17.8 Å². The summed E-state index contributed by atoms with van der Waals surface area (Å²) in [7, 11) is -1.61. The van der Waals surface area contributed by atoms with Crippen LogP contribution in [-0.2, 0) is 17.1 Å². The van der Waals surface area contributed by atoms with Crippen molar-refractivity contribution in [1.82, 2.24) is 24.5 Å². The second-order valence-corrected chi connectivity index (χ2v) is 8.75. The molecule has 28 heavy (non-hydrogen) atoms. The number of piperazine rings is 1. The van der Waals surface area contributed by atoms with Gasteiger partial charge in [-0.15, -0.1) is 12.4 Å². The summed E-state index contributed by atoms with van der Waals surface area (Å²) in [6, 6.07) is 6.05. The molecule has 0 bridgehead atoms. The Balaban J connectivity index is 0.00000225. The van der Waals surface area contributed by atoms with Crippen LogP contribution in [0.4, 0.5) is 0 Å². The maximum absolute atomic E-state index is 13.1. The predicted octanol–water partition coefficient (Wildman–Crippen LogP) is 1.07. The SMILES string of the molecule is Cl.Cn1ccnc1C1CNCCN1C(=O)c1ccc(S(=O)(=O)NC2CC2)cc1. The molecule has 1 amide bonds. The first kappa shape index (κ1) is 20.8. The van der Waals surface area contributed by atoms with E-state index in [1.54, 1.807) is 23.2 Å². The molecule has 10 heteroatoms. The van der Waals surface area contributed by atoms with Crippen LogP contribution in [0.5, 0.6) is 0 Å². The number of aromatic nitrogens is 2. The molecule has 8 nitrogen and oxygen atoms in total. The highest BCUT2D eigenvalue weighted by Crippen LogP contribution is 2.24. The molecule has 1 atom stereocenters. The molecule has 2 heterocycles. The number of nitrogens with one attached hydrogen (secondary N) is 2. The van der Waals surface area contributed by atoms with Crippen molar-refractivity contribution in [3.63, 3.8) is 0 Å². The van der Waals surface area contributed by atoms with E-state index in [2.05, 4.69) is 15.0 Å². The quantitative estimate of drug-likeness (QED) is 0.747. The van der Waals surface area contributed by atoms with Gasteiger partial charge in [0.25, 0.3) is 5.91 Å². The molecule has 1 saturated carbocycles. The Kier molecular flexibility index (Phi) is 6.09. The number of halogens is 1. The third-order valence-corrected chi connectivity index (χ3v) is 6.51. The zero-order valence-corrected chi connectivity index (χ0v) is 17.2. The first-order valence-corrected chi connectivity index (χ1v) is 10.6. The van der Waals surface area contributed by atoms with Gasteiger partial charge in [0.15, 0.2) is 0 Å². The summed E-state index contributed by atoms with van der Waals surface area (Å²) in [5.74, 6) is 0.701. The third-order valence-electron chi connectivity index (χ3n) is 4.97. The molecule has 2 aliphatic rings. The zero-order chi connectivity index (χ0) is 19.0. The van der Waals surface area contributed by atoms with Crippen LogP contribution in [0.25, 0.3) is 0 Å². The third kappa shape index (κ3) is 4.22. The molecule has 1 aromatic heterocycles. The Morgan fingerprint density at radius 2 is 1.96 bits per heavy atom. The molecule has 2 fully saturated rings. The summed E-state index contributed by atoms with van der Waals surface area (Å²) >= 11 is 0. The average Bonchev–Trinajstić information content (AvgIpc) is 3.37. The highest BCUT2D eigenvalue weighted by molar-refractivity contribution is 7.89. The van der Waals surface area contributed by atoms with E-state index in [-0.39, 0.29) is 35.3 Å². The monoisotopic (exact) mass is 425 g/mol. The van der Waals surface area contributed by atoms with E-state index in [0.717, 1.165) is 18.7 Å². The fraction of sp³-hybridized carbons (Fsp3) is 0.444. The van der Waals surface area contributed by atoms with Gasteiger partial charge in [-0.25, -0.2) is 18.1 Å². The molecule has 2 aromatic rings. The van der Waals surface area contributed by atoms with Crippen LogP contribution in [0.15, 0.2) is 41.6 Å². The highest BCUT2D eigenvalue weighted by atomic mass is 35.5. The van der Waals surface area contributed by atoms with Gasteiger partial charge in [-0.05, 0) is 37.1 Å². The van der Waals surface area contributed by atoms with Crippen molar-refractivity contribution in [2.45, 2.75) is 29.8 Å². The number of sulfonamides is 1. The van der Waals surface area contributed by atoms with Crippen LogP contribution in [0.3, 0.4) is 0 Å². The molecule has 152 valence electrons. The highest BCUT2D eigenvalue weighted by Gasteiger charge is 2.32. The Labute approximate surface area is 170 Å². The summed E-state index contributed by atoms with van der Waals surface area (Å²) in [5.41, 5.74) is 0.474. The van der Waals surface area contributed by atoms with E-state index in [4.69, 9.17) is 0 Å². The number of aryl methyl sites for hydroxylation is 1. The first-order valence-electron chi connectivity index (χ1n) is 9.07. The van der Waals surface area contributed by atoms with Crippen molar-refractivity contribution < 1.29 is 13.2 Å². The van der Waals surface area contributed by atoms with Gasteiger partial charge in [-0.2, -0.15) is 0 Å². The molecule has 1 aromatic carbocycles. The first-order chi connectivity index (χ1) is 13.0. The van der Waals surface area contributed by atoms with E-state index in [9.17, 15) is 13.2 Å². The minimum Gasteiger partial charge on any atom is -0.336 e. The molecule has 1 unspecified atom stereocenters. The number of nitrogens with zero attached hydrogens (tertiary/aromatic N) is 3. The van der Waals surface area contributed by atoms with E-state index < -0.39 is 10.0 Å². The Hall–Kier alpha value is -1.94. The van der Waals surface area contributed by atoms with Crippen molar-refractivity contribution in [3.8, 4) is 0 Å². The number of hydrogen-bond donors (Lipinski definition) is 2. The van der Waals surface area contributed by atoms with Crippen molar-refractivity contribution in [1.29, 1.82) is 0 Å². The van der Waals surface area contributed by atoms with Gasteiger partial charge in [0.1, 0.15) is 11.9 Å². The topological polar surface area (TPSA) is 96.3 Å². The minimum atomic E-state index is -3.51. The van der Waals surface area contributed by atoms with Gasteiger partial charge in [-0.3, -0.25) is 4.79 Å². The van der Waals surface area contributed by atoms with Crippen molar-refractivity contribution in [2.75, 3.05) is 19.6 Å². The standard InChI is InChI=1S/C18H23N5O3S.ClH/c1-22-10-9-20-17(22)16-12-19-8-11-23(16)18(24)13-2-6-15(7-3-13)27(25,26)21-14-4-5-14;/h2-3,6-7,9-10,14,16,19,21H,4-5,8,11-12H2,1H3;1H. The van der Waals surface area contributed by atoms with Crippen LogP contribution in [-0.4, -0.2) is 54.5 Å². The number of hydrogen-bond acceptors (Lipinski definition) is 5. The maximum atomic E-state index is 13.1. The number of rotatable bonds is 5. The maximum Gasteiger partial charge on any atom is 0.254 e. The normalized spacial score (nSPS) is 19.9. The molecule has 0 radical (unpaired) electrons. The van der Waals surface area contributed by atoms with Gasteiger partial charge >= 0.3 is 0 Å². The fourth-order valence-corrected chi connectivity index (χ4v) is 4.61. The number of amides is 1. The van der Waals surface area contributed by atoms with Crippen molar-refractivity contribution in [2.24, 2.45) is 7.05 Å². The molecular formula is C18H24ClN5O3S. The smallest absolute Gasteiger partial charge is 0.254 e. The minimum absolute atomic E-state index is 0. The van der Waals surface area contributed by atoms with Gasteiger partial charge in [0.2, 0.25) is 10.0 Å². The average molecular weight is 426 g/mol. The van der Waals surface area contributed by atoms with Gasteiger partial charge in [0, 0.05) is 50.7 Å². The Bertz CT molecular complexity index is 940. The molecule has 2 N–H and O–H groups in total. The van der Waals surface area contributed by atoms with E-state index in [1.165, 1.54) is 12.1 Å². The lowest BCUT2D eigenvalue weighted by Gasteiger charge is -2.35. The molecule has 4 rings (SSSR count). The summed E-state index contributed by atoms with van der Waals surface area (Å²) in [6.45, 7) is 1.92.